The number of rotatable bonds is 5. The van der Waals surface area contributed by atoms with Crippen molar-refractivity contribution in [2.75, 3.05) is 13.1 Å². The molecular weight excluding hydrogens is 236 g/mol. The Hall–Kier alpha value is -1.35. The smallest absolute Gasteiger partial charge is 0.221 e. The van der Waals surface area contributed by atoms with Crippen LogP contribution in [-0.4, -0.2) is 25.0 Å². The van der Waals surface area contributed by atoms with Gasteiger partial charge in [-0.2, -0.15) is 0 Å². The monoisotopic (exact) mass is 260 g/mol. The molecule has 0 saturated carbocycles. The molecule has 1 aromatic carbocycles. The number of hydrogen-bond donors (Lipinski definition) is 2. The molecule has 1 saturated heterocycles. The van der Waals surface area contributed by atoms with Gasteiger partial charge in [-0.05, 0) is 50.8 Å². The third kappa shape index (κ3) is 4.35. The van der Waals surface area contributed by atoms with Gasteiger partial charge in [0.1, 0.15) is 0 Å². The molecule has 1 unspecified atom stereocenters. The number of amides is 1. The van der Waals surface area contributed by atoms with E-state index in [9.17, 15) is 4.79 Å². The number of nitrogens with one attached hydrogen (secondary N) is 2. The minimum Gasteiger partial charge on any atom is -0.356 e. The van der Waals surface area contributed by atoms with E-state index in [0.717, 1.165) is 25.9 Å². The van der Waals surface area contributed by atoms with Crippen LogP contribution in [0.3, 0.4) is 0 Å². The summed E-state index contributed by atoms with van der Waals surface area (Å²) in [5.74, 6) is 0.171. The summed E-state index contributed by atoms with van der Waals surface area (Å²) in [6.45, 7) is 6.02. The molecule has 0 aliphatic carbocycles. The Labute approximate surface area is 115 Å². The van der Waals surface area contributed by atoms with Gasteiger partial charge in [0.15, 0.2) is 0 Å². The largest absolute Gasteiger partial charge is 0.356 e. The lowest BCUT2D eigenvalue weighted by atomic mass is 10.0. The summed E-state index contributed by atoms with van der Waals surface area (Å²) < 4.78 is 0. The number of hydrogen-bond acceptors (Lipinski definition) is 2. The third-order valence-corrected chi connectivity index (χ3v) is 3.82. The van der Waals surface area contributed by atoms with Crippen molar-refractivity contribution in [3.8, 4) is 0 Å². The van der Waals surface area contributed by atoms with Crippen LogP contribution in [0.5, 0.6) is 0 Å². The molecule has 3 heteroatoms. The summed E-state index contributed by atoms with van der Waals surface area (Å²) in [6.07, 6.45) is 3.86. The van der Waals surface area contributed by atoms with Crippen molar-refractivity contribution in [3.05, 3.63) is 34.9 Å². The highest BCUT2D eigenvalue weighted by atomic mass is 16.1. The Morgan fingerprint density at radius 1 is 1.42 bits per heavy atom. The van der Waals surface area contributed by atoms with Gasteiger partial charge in [-0.25, -0.2) is 0 Å². The first-order chi connectivity index (χ1) is 9.15. The quantitative estimate of drug-likeness (QED) is 0.851. The molecule has 1 heterocycles. The zero-order chi connectivity index (χ0) is 13.7. The Morgan fingerprint density at radius 2 is 2.26 bits per heavy atom. The first-order valence-corrected chi connectivity index (χ1v) is 7.21. The van der Waals surface area contributed by atoms with Crippen LogP contribution >= 0.6 is 0 Å². The van der Waals surface area contributed by atoms with Crippen LogP contribution in [0, 0.1) is 13.8 Å². The van der Waals surface area contributed by atoms with Gasteiger partial charge in [0.05, 0.1) is 0 Å². The molecule has 104 valence electrons. The molecule has 0 spiro atoms. The second-order valence-electron chi connectivity index (χ2n) is 5.53. The van der Waals surface area contributed by atoms with Crippen molar-refractivity contribution < 1.29 is 4.79 Å². The maximum atomic E-state index is 11.8. The molecule has 19 heavy (non-hydrogen) atoms. The van der Waals surface area contributed by atoms with Gasteiger partial charge in [0.2, 0.25) is 5.91 Å². The second-order valence-corrected chi connectivity index (χ2v) is 5.53. The van der Waals surface area contributed by atoms with Crippen molar-refractivity contribution in [3.63, 3.8) is 0 Å². The Balaban J connectivity index is 1.73. The minimum atomic E-state index is 0.171. The van der Waals surface area contributed by atoms with E-state index in [0.29, 0.717) is 12.5 Å². The molecule has 2 rings (SSSR count). The predicted octanol–water partition coefficient (Wildman–Crippen LogP) is 2.10. The van der Waals surface area contributed by atoms with Gasteiger partial charge in [-0.15, -0.1) is 0 Å². The van der Waals surface area contributed by atoms with E-state index < -0.39 is 0 Å². The summed E-state index contributed by atoms with van der Waals surface area (Å²) in [6, 6.07) is 6.87. The van der Waals surface area contributed by atoms with Gasteiger partial charge < -0.3 is 10.6 Å². The van der Waals surface area contributed by atoms with Crippen molar-refractivity contribution in [1.82, 2.24) is 10.6 Å². The fraction of sp³-hybridized carbons (Fsp3) is 0.562. The minimum absolute atomic E-state index is 0.171. The maximum absolute atomic E-state index is 11.8. The van der Waals surface area contributed by atoms with E-state index >= 15 is 0 Å². The van der Waals surface area contributed by atoms with E-state index in [1.165, 1.54) is 23.1 Å². The number of aryl methyl sites for hydroxylation is 2. The Morgan fingerprint density at radius 3 is 3.00 bits per heavy atom. The lowest BCUT2D eigenvalue weighted by Crippen LogP contribution is -2.32. The van der Waals surface area contributed by atoms with Crippen LogP contribution in [0.25, 0.3) is 0 Å². The fourth-order valence-corrected chi connectivity index (χ4v) is 2.63. The van der Waals surface area contributed by atoms with Crippen LogP contribution in [0.2, 0.25) is 0 Å². The number of benzene rings is 1. The van der Waals surface area contributed by atoms with Crippen LogP contribution in [0.15, 0.2) is 18.2 Å². The van der Waals surface area contributed by atoms with Crippen LogP contribution in [0.4, 0.5) is 0 Å². The van der Waals surface area contributed by atoms with E-state index in [2.05, 4.69) is 42.7 Å². The molecule has 0 bridgehead atoms. The molecule has 1 atom stereocenters. The molecular formula is C16H24N2O. The maximum Gasteiger partial charge on any atom is 0.221 e. The van der Waals surface area contributed by atoms with Crippen LogP contribution < -0.4 is 10.6 Å². The highest BCUT2D eigenvalue weighted by Crippen LogP contribution is 2.11. The highest BCUT2D eigenvalue weighted by Gasteiger charge is 2.17. The zero-order valence-corrected chi connectivity index (χ0v) is 12.0. The molecule has 1 aromatic rings. The highest BCUT2D eigenvalue weighted by molar-refractivity contribution is 5.76. The SMILES string of the molecule is Cc1ccc(C)c(CCNC(=O)CC2CCCN2)c1. The number of carbonyl (C=O) groups is 1. The van der Waals surface area contributed by atoms with E-state index in [4.69, 9.17) is 0 Å². The predicted molar refractivity (Wildman–Crippen MR) is 78.3 cm³/mol. The normalized spacial score (nSPS) is 18.5. The molecule has 1 amide bonds. The van der Waals surface area contributed by atoms with Crippen LogP contribution in [-0.2, 0) is 11.2 Å². The molecule has 1 aliphatic rings. The standard InChI is InChI=1S/C16H24N2O/c1-12-5-6-13(2)14(10-12)7-9-18-16(19)11-15-4-3-8-17-15/h5-6,10,15,17H,3-4,7-9,11H2,1-2H3,(H,18,19). The lowest BCUT2D eigenvalue weighted by Gasteiger charge is -2.11. The van der Waals surface area contributed by atoms with Gasteiger partial charge in [-0.1, -0.05) is 23.8 Å². The van der Waals surface area contributed by atoms with E-state index in [-0.39, 0.29) is 5.91 Å². The second kappa shape index (κ2) is 6.71. The Bertz CT molecular complexity index is 436. The van der Waals surface area contributed by atoms with Gasteiger partial charge in [0, 0.05) is 19.0 Å². The summed E-state index contributed by atoms with van der Waals surface area (Å²) >= 11 is 0. The van der Waals surface area contributed by atoms with Crippen molar-refractivity contribution >= 4 is 5.91 Å². The molecule has 2 N–H and O–H groups in total. The van der Waals surface area contributed by atoms with Crippen molar-refractivity contribution in [1.29, 1.82) is 0 Å². The average molecular weight is 260 g/mol. The van der Waals surface area contributed by atoms with Gasteiger partial charge in [-0.3, -0.25) is 4.79 Å². The molecule has 0 aromatic heterocycles. The summed E-state index contributed by atoms with van der Waals surface area (Å²) in [4.78, 5) is 11.8. The van der Waals surface area contributed by atoms with Gasteiger partial charge >= 0.3 is 0 Å². The number of carbonyl (C=O) groups excluding carboxylic acids is 1. The van der Waals surface area contributed by atoms with Crippen LogP contribution in [0.1, 0.15) is 36.0 Å². The van der Waals surface area contributed by atoms with Gasteiger partial charge in [0.25, 0.3) is 0 Å². The van der Waals surface area contributed by atoms with Crippen molar-refractivity contribution in [2.24, 2.45) is 0 Å². The topological polar surface area (TPSA) is 41.1 Å². The summed E-state index contributed by atoms with van der Waals surface area (Å²) in [5, 5.41) is 6.38. The fourth-order valence-electron chi connectivity index (χ4n) is 2.63. The van der Waals surface area contributed by atoms with Crippen molar-refractivity contribution in [2.45, 2.75) is 45.6 Å². The molecule has 1 aliphatic heterocycles. The summed E-state index contributed by atoms with van der Waals surface area (Å²) in [5.41, 5.74) is 3.92. The molecule has 3 nitrogen and oxygen atoms in total. The zero-order valence-electron chi connectivity index (χ0n) is 12.0. The third-order valence-electron chi connectivity index (χ3n) is 3.82. The first-order valence-electron chi connectivity index (χ1n) is 7.21. The van der Waals surface area contributed by atoms with E-state index in [1.54, 1.807) is 0 Å². The van der Waals surface area contributed by atoms with E-state index in [1.807, 2.05) is 0 Å². The lowest BCUT2D eigenvalue weighted by molar-refractivity contribution is -0.121. The first kappa shape index (κ1) is 14.1. The molecule has 1 fully saturated rings. The Kier molecular flexibility index (Phi) is 4.97. The summed E-state index contributed by atoms with van der Waals surface area (Å²) in [7, 11) is 0. The average Bonchev–Trinajstić information content (AvgIpc) is 2.86. The molecule has 0 radical (unpaired) electrons.